The number of benzene rings is 1. The van der Waals surface area contributed by atoms with Gasteiger partial charge >= 0.3 is 5.97 Å². The van der Waals surface area contributed by atoms with Gasteiger partial charge in [-0.1, -0.05) is 84.7 Å². The number of hydrogen-bond acceptors (Lipinski definition) is 9. The lowest BCUT2D eigenvalue weighted by Crippen LogP contribution is -2.58. The van der Waals surface area contributed by atoms with E-state index in [0.717, 1.165) is 24.8 Å². The van der Waals surface area contributed by atoms with Crippen molar-refractivity contribution in [2.45, 2.75) is 111 Å². The second-order valence-electron chi connectivity index (χ2n) is 16.5. The number of carboxylic acid groups (broad SMARTS) is 1. The predicted octanol–water partition coefficient (Wildman–Crippen LogP) is 5.33. The number of aromatic nitrogens is 2. The lowest BCUT2D eigenvalue weighted by molar-refractivity contribution is -0.147. The van der Waals surface area contributed by atoms with Crippen LogP contribution in [-0.2, 0) is 35.2 Å². The van der Waals surface area contributed by atoms with Crippen LogP contribution in [0.15, 0.2) is 48.9 Å². The molecule has 54 heavy (non-hydrogen) atoms. The Bertz CT molecular complexity index is 1670. The van der Waals surface area contributed by atoms with Crippen molar-refractivity contribution in [2.24, 2.45) is 40.9 Å². The van der Waals surface area contributed by atoms with Gasteiger partial charge in [0.15, 0.2) is 17.3 Å². The summed E-state index contributed by atoms with van der Waals surface area (Å²) < 4.78 is 0. The van der Waals surface area contributed by atoms with Gasteiger partial charge in [0.25, 0.3) is 0 Å². The van der Waals surface area contributed by atoms with Crippen molar-refractivity contribution in [1.29, 1.82) is 0 Å². The molecule has 2 amide bonds. The number of hydrogen-bond donors (Lipinski definition) is 2. The zero-order chi connectivity index (χ0) is 39.7. The zero-order valence-electron chi connectivity index (χ0n) is 32.5. The molecule has 2 heterocycles. The molecule has 12 heteroatoms. The van der Waals surface area contributed by atoms with E-state index in [9.17, 15) is 38.7 Å². The second-order valence-corrected chi connectivity index (χ2v) is 16.5. The minimum atomic E-state index is -1.17. The molecule has 1 aliphatic carbocycles. The van der Waals surface area contributed by atoms with E-state index in [0.29, 0.717) is 13.0 Å². The van der Waals surface area contributed by atoms with Gasteiger partial charge in [0.05, 0.1) is 18.2 Å². The van der Waals surface area contributed by atoms with E-state index >= 15 is 0 Å². The Morgan fingerprint density at radius 2 is 1.65 bits per heavy atom. The summed E-state index contributed by atoms with van der Waals surface area (Å²) in [7, 11) is 0. The molecule has 1 saturated carbocycles. The van der Waals surface area contributed by atoms with Crippen LogP contribution < -0.4 is 5.32 Å². The first-order valence-electron chi connectivity index (χ1n) is 19.3. The highest BCUT2D eigenvalue weighted by molar-refractivity contribution is 6.38. The molecule has 0 radical (unpaired) electrons. The summed E-state index contributed by atoms with van der Waals surface area (Å²) >= 11 is 0. The Labute approximate surface area is 318 Å². The number of amides is 2. The molecule has 1 aliphatic heterocycles. The smallest absolute Gasteiger partial charge is 0.307 e. The average molecular weight is 745 g/mol. The first-order chi connectivity index (χ1) is 25.5. The van der Waals surface area contributed by atoms with Crippen LogP contribution in [-0.4, -0.2) is 79.5 Å². The van der Waals surface area contributed by atoms with Gasteiger partial charge in [0, 0.05) is 50.0 Å². The Kier molecular flexibility index (Phi) is 14.5. The molecule has 292 valence electrons. The lowest BCUT2D eigenvalue weighted by atomic mass is 9.82. The monoisotopic (exact) mass is 744 g/mol. The van der Waals surface area contributed by atoms with Gasteiger partial charge in [-0.2, -0.15) is 0 Å². The number of nitrogens with one attached hydrogen (secondary N) is 1. The van der Waals surface area contributed by atoms with Gasteiger partial charge in [-0.25, -0.2) is 4.98 Å². The van der Waals surface area contributed by atoms with Crippen molar-refractivity contribution in [3.8, 4) is 0 Å². The van der Waals surface area contributed by atoms with Gasteiger partial charge < -0.3 is 15.3 Å². The van der Waals surface area contributed by atoms with Crippen LogP contribution in [0.25, 0.3) is 0 Å². The quantitative estimate of drug-likeness (QED) is 0.141. The molecule has 1 aromatic heterocycles. The van der Waals surface area contributed by atoms with Gasteiger partial charge in [-0.05, 0) is 54.4 Å². The molecule has 1 saturated heterocycles. The maximum absolute atomic E-state index is 14.6. The van der Waals surface area contributed by atoms with Crippen molar-refractivity contribution in [3.63, 3.8) is 0 Å². The molecule has 2 aliphatic rings. The number of ketones is 4. The minimum Gasteiger partial charge on any atom is -0.481 e. The first-order valence-corrected chi connectivity index (χ1v) is 19.3. The average Bonchev–Trinajstić information content (AvgIpc) is 3.73. The molecular formula is C42H56N4O8. The number of aliphatic carboxylic acids is 1. The van der Waals surface area contributed by atoms with Gasteiger partial charge in [0.2, 0.25) is 17.6 Å². The third-order valence-electron chi connectivity index (χ3n) is 11.1. The van der Waals surface area contributed by atoms with Crippen LogP contribution in [0.2, 0.25) is 0 Å². The van der Waals surface area contributed by atoms with Crippen molar-refractivity contribution in [1.82, 2.24) is 20.2 Å². The largest absolute Gasteiger partial charge is 0.481 e. The fourth-order valence-corrected chi connectivity index (χ4v) is 8.12. The number of carboxylic acids is 1. The maximum Gasteiger partial charge on any atom is 0.307 e. The van der Waals surface area contributed by atoms with E-state index in [2.05, 4.69) is 15.3 Å². The molecule has 2 fully saturated rings. The summed E-state index contributed by atoms with van der Waals surface area (Å²) in [5.41, 5.74) is 0.129. The molecule has 1 aromatic carbocycles. The minimum absolute atomic E-state index is 0.0866. The van der Waals surface area contributed by atoms with Crippen molar-refractivity contribution >= 4 is 40.9 Å². The van der Waals surface area contributed by atoms with Crippen LogP contribution in [0.5, 0.6) is 0 Å². The standard InChI is InChI=1S/C42H56N4O8/c1-7-12-27(37(50)35(49)21-29(41(53)54)19-26-13-9-8-10-14-26)20-34(48)36-30-16-11-15-28(30)24-46(36)40(52)38(42(4,5)6)45-39(51)31(25(2)3)22-33(47)32-23-43-17-18-44-32/h8-10,13-14,17-18,23,25,27-31,36,38H,7,11-12,15-16,19-22,24H2,1-6H3,(H,45,51)(H,53,54)/t27?,28?,29-,30+,31-,36?,38?/m1/s1. The summed E-state index contributed by atoms with van der Waals surface area (Å²) in [5.74, 6) is -7.25. The molecular weight excluding hydrogens is 688 g/mol. The molecule has 0 spiro atoms. The SMILES string of the molecule is CCCC(CC(=O)C1[C@H]2CCCC2CN1C(=O)C(NC(=O)[C@H](CC(=O)c1cnccn1)C(C)C)C(C)(C)C)C(=O)C(=O)C[C@@H](Cc1ccccc1)C(=O)O. The predicted molar refractivity (Wildman–Crippen MR) is 201 cm³/mol. The molecule has 0 bridgehead atoms. The number of rotatable bonds is 19. The van der Waals surface area contributed by atoms with Gasteiger partial charge in [-0.15, -0.1) is 0 Å². The molecule has 2 N–H and O–H groups in total. The Hall–Kier alpha value is -4.61. The van der Waals surface area contributed by atoms with Crippen LogP contribution in [0.3, 0.4) is 0 Å². The molecule has 2 aromatic rings. The Morgan fingerprint density at radius 1 is 0.944 bits per heavy atom. The highest BCUT2D eigenvalue weighted by atomic mass is 16.4. The number of fused-ring (bicyclic) bond motifs is 1. The third kappa shape index (κ3) is 10.5. The van der Waals surface area contributed by atoms with Crippen molar-refractivity contribution in [3.05, 3.63) is 60.2 Å². The van der Waals surface area contributed by atoms with Gasteiger partial charge in [0.1, 0.15) is 11.7 Å². The van der Waals surface area contributed by atoms with E-state index in [1.54, 1.807) is 29.2 Å². The fraction of sp³-hybridized carbons (Fsp3) is 0.595. The summed E-state index contributed by atoms with van der Waals surface area (Å²) in [5, 5.41) is 12.8. The number of carbonyl (C=O) groups is 7. The van der Waals surface area contributed by atoms with E-state index in [1.807, 2.05) is 47.6 Å². The van der Waals surface area contributed by atoms with E-state index in [-0.39, 0.29) is 60.7 Å². The molecule has 4 rings (SSSR count). The van der Waals surface area contributed by atoms with Crippen molar-refractivity contribution in [2.75, 3.05) is 6.54 Å². The number of Topliss-reactive ketones (excluding diaryl/α,β-unsaturated/α-hetero) is 4. The lowest BCUT2D eigenvalue weighted by Gasteiger charge is -2.37. The Balaban J connectivity index is 1.52. The van der Waals surface area contributed by atoms with Crippen LogP contribution in [0, 0.1) is 40.9 Å². The van der Waals surface area contributed by atoms with Crippen molar-refractivity contribution < 1.29 is 38.7 Å². The number of carbonyl (C=O) groups excluding carboxylic acids is 6. The third-order valence-corrected chi connectivity index (χ3v) is 11.1. The second kappa shape index (κ2) is 18.6. The highest BCUT2D eigenvalue weighted by Crippen LogP contribution is 2.44. The summed E-state index contributed by atoms with van der Waals surface area (Å²) in [6, 6.07) is 7.07. The van der Waals surface area contributed by atoms with E-state index < -0.39 is 71.0 Å². The number of nitrogens with zero attached hydrogens (tertiary/aromatic N) is 3. The number of likely N-dealkylation sites (tertiary alicyclic amines) is 1. The van der Waals surface area contributed by atoms with Crippen LogP contribution >= 0.6 is 0 Å². The fourth-order valence-electron chi connectivity index (χ4n) is 8.12. The highest BCUT2D eigenvalue weighted by Gasteiger charge is 2.52. The summed E-state index contributed by atoms with van der Waals surface area (Å²) in [6.07, 6.45) is 6.78. The van der Waals surface area contributed by atoms with Gasteiger partial charge in [-0.3, -0.25) is 38.5 Å². The first kappa shape index (κ1) is 42.1. The zero-order valence-corrected chi connectivity index (χ0v) is 32.5. The Morgan fingerprint density at radius 3 is 2.24 bits per heavy atom. The molecule has 7 atom stereocenters. The summed E-state index contributed by atoms with van der Waals surface area (Å²) in [6.45, 7) is 11.4. The normalized spacial score (nSPS) is 20.4. The topological polar surface area (TPSA) is 181 Å². The van der Waals surface area contributed by atoms with E-state index in [1.165, 1.54) is 18.6 Å². The maximum atomic E-state index is 14.6. The molecule has 4 unspecified atom stereocenters. The van der Waals surface area contributed by atoms with Crippen LogP contribution in [0.4, 0.5) is 0 Å². The van der Waals surface area contributed by atoms with Crippen LogP contribution in [0.1, 0.15) is 109 Å². The summed E-state index contributed by atoms with van der Waals surface area (Å²) in [4.78, 5) is 104. The van der Waals surface area contributed by atoms with E-state index in [4.69, 9.17) is 0 Å². The molecule has 12 nitrogen and oxygen atoms in total.